The molecule has 218 valence electrons. The van der Waals surface area contributed by atoms with Gasteiger partial charge in [0, 0.05) is 17.7 Å². The lowest BCUT2D eigenvalue weighted by Gasteiger charge is -2.30. The van der Waals surface area contributed by atoms with Crippen LogP contribution in [0.15, 0.2) is 84.4 Å². The van der Waals surface area contributed by atoms with Gasteiger partial charge in [0.25, 0.3) is 23.4 Å². The predicted octanol–water partition coefficient (Wildman–Crippen LogP) is 5.05. The van der Waals surface area contributed by atoms with Crippen molar-refractivity contribution in [2.24, 2.45) is 11.8 Å². The molecule has 43 heavy (non-hydrogen) atoms. The molecule has 11 nitrogen and oxygen atoms in total. The normalized spacial score (nSPS) is 17.6. The van der Waals surface area contributed by atoms with Crippen molar-refractivity contribution < 1.29 is 33.6 Å². The number of hydrogen-bond donors (Lipinski definition) is 0. The molecule has 2 atom stereocenters. The highest BCUT2D eigenvalue weighted by atomic mass is 35.5. The van der Waals surface area contributed by atoms with E-state index in [0.29, 0.717) is 12.8 Å². The number of rotatable bonds is 8. The summed E-state index contributed by atoms with van der Waals surface area (Å²) in [6.45, 7) is 1.25. The first kappa shape index (κ1) is 29.3. The van der Waals surface area contributed by atoms with Crippen LogP contribution in [0.1, 0.15) is 50.8 Å². The smallest absolute Gasteiger partial charge is 0.343 e. The van der Waals surface area contributed by atoms with Crippen molar-refractivity contribution in [1.82, 2.24) is 10.0 Å². The van der Waals surface area contributed by atoms with Gasteiger partial charge in [0.15, 0.2) is 5.78 Å². The Kier molecular flexibility index (Phi) is 8.18. The molecule has 2 aliphatic rings. The summed E-state index contributed by atoms with van der Waals surface area (Å²) in [5.74, 6) is -4.39. The number of hydrogen-bond acceptors (Lipinski definition) is 8. The van der Waals surface area contributed by atoms with Crippen molar-refractivity contribution in [2.75, 3.05) is 6.54 Å². The summed E-state index contributed by atoms with van der Waals surface area (Å²) in [5.41, 5.74) is 1.03. The van der Waals surface area contributed by atoms with Crippen LogP contribution in [-0.2, 0) is 9.59 Å². The summed E-state index contributed by atoms with van der Waals surface area (Å²) in [5, 5.41) is 12.6. The first-order valence-corrected chi connectivity index (χ1v) is 13.6. The predicted molar refractivity (Wildman–Crippen MR) is 153 cm³/mol. The van der Waals surface area contributed by atoms with Crippen molar-refractivity contribution in [1.29, 1.82) is 0 Å². The van der Waals surface area contributed by atoms with E-state index in [-0.39, 0.29) is 33.1 Å². The minimum Gasteiger partial charge on any atom is -0.423 e. The number of esters is 1. The number of Topliss-reactive ketones (excluding diaryl/α,β-unsaturated/α-hetero) is 1. The monoisotopic (exact) mass is 601 g/mol. The molecule has 0 N–H and O–H groups in total. The number of fused-ring (bicyclic) bond motifs is 1. The number of ketones is 1. The summed E-state index contributed by atoms with van der Waals surface area (Å²) in [6, 6.07) is 16.5. The van der Waals surface area contributed by atoms with Gasteiger partial charge in [-0.15, -0.1) is 0 Å². The van der Waals surface area contributed by atoms with E-state index in [4.69, 9.17) is 16.3 Å². The van der Waals surface area contributed by atoms with Gasteiger partial charge in [-0.25, -0.2) is 9.80 Å². The Hall–Kier alpha value is -5.16. The average Bonchev–Trinajstić information content (AvgIpc) is 3.24. The van der Waals surface area contributed by atoms with Gasteiger partial charge in [-0.1, -0.05) is 35.4 Å². The Bertz CT molecular complexity index is 1680. The average molecular weight is 602 g/mol. The summed E-state index contributed by atoms with van der Waals surface area (Å²) in [6.07, 6.45) is 2.64. The second kappa shape index (κ2) is 12.0. The number of nitro benzene ring substituents is 1. The van der Waals surface area contributed by atoms with Crippen LogP contribution >= 0.6 is 11.6 Å². The molecule has 1 heterocycles. The van der Waals surface area contributed by atoms with E-state index in [9.17, 15) is 34.1 Å². The molecule has 0 unspecified atom stereocenters. The van der Waals surface area contributed by atoms with Crippen LogP contribution in [-0.4, -0.2) is 51.0 Å². The number of hydrazine groups is 1. The molecule has 0 radical (unpaired) electrons. The fourth-order valence-corrected chi connectivity index (χ4v) is 5.30. The van der Waals surface area contributed by atoms with Crippen molar-refractivity contribution in [3.05, 3.63) is 116 Å². The zero-order valence-corrected chi connectivity index (χ0v) is 23.5. The summed E-state index contributed by atoms with van der Waals surface area (Å²) >= 11 is 6.26. The van der Waals surface area contributed by atoms with E-state index in [2.05, 4.69) is 0 Å². The number of halogens is 1. The fourth-order valence-electron chi connectivity index (χ4n) is 5.09. The topological polar surface area (TPSA) is 144 Å². The van der Waals surface area contributed by atoms with Crippen molar-refractivity contribution in [3.63, 3.8) is 0 Å². The number of allylic oxidation sites excluding steroid dienone is 2. The van der Waals surface area contributed by atoms with E-state index in [1.165, 1.54) is 60.7 Å². The van der Waals surface area contributed by atoms with Crippen LogP contribution in [0.25, 0.3) is 0 Å². The first-order chi connectivity index (χ1) is 20.5. The lowest BCUT2D eigenvalue weighted by Crippen LogP contribution is -2.52. The van der Waals surface area contributed by atoms with Gasteiger partial charge in [0.1, 0.15) is 12.3 Å². The van der Waals surface area contributed by atoms with Crippen LogP contribution in [0.5, 0.6) is 5.75 Å². The van der Waals surface area contributed by atoms with Crippen LogP contribution in [0.4, 0.5) is 5.69 Å². The van der Waals surface area contributed by atoms with Crippen molar-refractivity contribution in [2.45, 2.75) is 19.8 Å². The van der Waals surface area contributed by atoms with E-state index in [0.717, 1.165) is 15.6 Å². The zero-order chi connectivity index (χ0) is 30.8. The molecular formula is C31H24ClN3O8. The van der Waals surface area contributed by atoms with E-state index < -0.39 is 52.8 Å². The molecule has 3 aromatic carbocycles. The summed E-state index contributed by atoms with van der Waals surface area (Å²) < 4.78 is 5.30. The summed E-state index contributed by atoms with van der Waals surface area (Å²) in [4.78, 5) is 76.6. The molecule has 1 aliphatic heterocycles. The maximum absolute atomic E-state index is 13.7. The molecule has 1 aliphatic carbocycles. The number of imide groups is 1. The van der Waals surface area contributed by atoms with Crippen LogP contribution in [0.3, 0.4) is 0 Å². The van der Waals surface area contributed by atoms with Gasteiger partial charge in [-0.3, -0.25) is 29.3 Å². The Morgan fingerprint density at radius 3 is 2.23 bits per heavy atom. The number of non-ortho nitro benzene ring substituents is 1. The number of amides is 3. The molecule has 0 saturated carbocycles. The molecule has 0 aromatic heterocycles. The molecule has 1 saturated heterocycles. The van der Waals surface area contributed by atoms with Crippen LogP contribution in [0, 0.1) is 22.0 Å². The van der Waals surface area contributed by atoms with Gasteiger partial charge in [0.2, 0.25) is 0 Å². The van der Waals surface area contributed by atoms with E-state index >= 15 is 0 Å². The van der Waals surface area contributed by atoms with Gasteiger partial charge < -0.3 is 4.74 Å². The number of carbonyl (C=O) groups is 5. The van der Waals surface area contributed by atoms with E-state index in [1.54, 1.807) is 12.1 Å². The van der Waals surface area contributed by atoms with Gasteiger partial charge >= 0.3 is 5.97 Å². The Morgan fingerprint density at radius 1 is 0.953 bits per heavy atom. The lowest BCUT2D eigenvalue weighted by molar-refractivity contribution is -0.384. The molecule has 0 spiro atoms. The van der Waals surface area contributed by atoms with Gasteiger partial charge in [0.05, 0.1) is 32.9 Å². The van der Waals surface area contributed by atoms with Crippen LogP contribution < -0.4 is 4.74 Å². The van der Waals surface area contributed by atoms with Crippen molar-refractivity contribution in [3.8, 4) is 5.75 Å². The number of nitro groups is 1. The largest absolute Gasteiger partial charge is 0.423 e. The third-order valence-electron chi connectivity index (χ3n) is 7.37. The Balaban J connectivity index is 1.36. The second-order valence-corrected chi connectivity index (χ2v) is 10.6. The Labute approximate surface area is 250 Å². The van der Waals surface area contributed by atoms with Crippen LogP contribution in [0.2, 0.25) is 5.02 Å². The molecular weight excluding hydrogens is 578 g/mol. The highest BCUT2D eigenvalue weighted by molar-refractivity contribution is 6.34. The summed E-state index contributed by atoms with van der Waals surface area (Å²) in [7, 11) is 0. The lowest BCUT2D eigenvalue weighted by atomic mass is 9.82. The number of nitrogens with zero attached hydrogens (tertiary/aromatic N) is 3. The number of ether oxygens (including phenoxy) is 1. The van der Waals surface area contributed by atoms with E-state index in [1.807, 2.05) is 13.0 Å². The minimum atomic E-state index is -0.780. The minimum absolute atomic E-state index is 0.0234. The standard InChI is InChI=1S/C31H24ClN3O8/c1-18-6-15-23-25(16-18)30(39)34(29(23)38)33(28(37)24-4-2-3-5-26(24)32)17-27(36)19-9-13-22(14-10-19)43-31(40)20-7-11-21(12-8-20)35(41)42/h2-14,23,25H,15-17H2,1H3/t23-,25-/m1/s1. The maximum Gasteiger partial charge on any atom is 0.343 e. The first-order valence-electron chi connectivity index (χ1n) is 13.2. The number of carbonyl (C=O) groups excluding carboxylic acids is 5. The fraction of sp³-hybridized carbons (Fsp3) is 0.194. The molecule has 0 bridgehead atoms. The SMILES string of the molecule is CC1=CC[C@H]2C(=O)N(N(CC(=O)c3ccc(OC(=O)c4ccc([N+](=O)[O-])cc4)cc3)C(=O)c3ccccc3Cl)C(=O)[C@@H]2C1. The molecule has 12 heteroatoms. The van der Waals surface area contributed by atoms with Gasteiger partial charge in [-0.2, -0.15) is 5.01 Å². The number of benzene rings is 3. The highest BCUT2D eigenvalue weighted by Gasteiger charge is 2.51. The second-order valence-electron chi connectivity index (χ2n) is 10.2. The molecule has 3 amide bonds. The highest BCUT2D eigenvalue weighted by Crippen LogP contribution is 2.39. The maximum atomic E-state index is 13.7. The third kappa shape index (κ3) is 5.93. The molecule has 5 rings (SSSR count). The quantitative estimate of drug-likeness (QED) is 0.0663. The van der Waals surface area contributed by atoms with Crippen molar-refractivity contribution >= 4 is 46.8 Å². The van der Waals surface area contributed by atoms with Gasteiger partial charge in [-0.05, 0) is 68.3 Å². The molecule has 1 fully saturated rings. The third-order valence-corrected chi connectivity index (χ3v) is 7.70. The Morgan fingerprint density at radius 2 is 1.58 bits per heavy atom. The zero-order valence-electron chi connectivity index (χ0n) is 22.8. The molecule has 3 aromatic rings.